The van der Waals surface area contributed by atoms with Gasteiger partial charge in [-0.15, -0.1) is 0 Å². The average Bonchev–Trinajstić information content (AvgIpc) is 2.39. The Hall–Kier alpha value is -2.16. The van der Waals surface area contributed by atoms with Gasteiger partial charge in [-0.1, -0.05) is 36.4 Å². The van der Waals surface area contributed by atoms with Gasteiger partial charge in [-0.3, -0.25) is 14.5 Å². The van der Waals surface area contributed by atoms with Gasteiger partial charge in [0.15, 0.2) is 5.78 Å². The number of Topliss-reactive ketones (excluding diaryl/α,β-unsaturated/α-hetero) is 1. The SMILES string of the molecule is CC(=O)C1=CN(C(C)=O)C=C[C@@H]1c1ccccc1. The molecule has 0 unspecified atom stereocenters. The summed E-state index contributed by atoms with van der Waals surface area (Å²) >= 11 is 0. The van der Waals surface area contributed by atoms with Gasteiger partial charge in [0.25, 0.3) is 0 Å². The van der Waals surface area contributed by atoms with Gasteiger partial charge in [-0.05, 0) is 12.5 Å². The Kier molecular flexibility index (Phi) is 3.42. The van der Waals surface area contributed by atoms with Crippen LogP contribution in [0.15, 0.2) is 54.4 Å². The van der Waals surface area contributed by atoms with E-state index < -0.39 is 0 Å². The van der Waals surface area contributed by atoms with Crippen molar-refractivity contribution >= 4 is 11.7 Å². The van der Waals surface area contributed by atoms with Crippen LogP contribution >= 0.6 is 0 Å². The van der Waals surface area contributed by atoms with Crippen LogP contribution in [0.4, 0.5) is 0 Å². The highest BCUT2D eigenvalue weighted by Gasteiger charge is 2.22. The number of allylic oxidation sites excluding steroid dienone is 2. The lowest BCUT2D eigenvalue weighted by atomic mass is 9.88. The second-order valence-electron chi connectivity index (χ2n) is 4.30. The van der Waals surface area contributed by atoms with Crippen molar-refractivity contribution < 1.29 is 9.59 Å². The molecule has 1 amide bonds. The van der Waals surface area contributed by atoms with Gasteiger partial charge < -0.3 is 0 Å². The van der Waals surface area contributed by atoms with E-state index in [2.05, 4.69) is 0 Å². The third-order valence-electron chi connectivity index (χ3n) is 2.98. The van der Waals surface area contributed by atoms with Gasteiger partial charge in [-0.25, -0.2) is 0 Å². The molecule has 1 atom stereocenters. The van der Waals surface area contributed by atoms with Gasteiger partial charge in [-0.2, -0.15) is 0 Å². The van der Waals surface area contributed by atoms with E-state index in [0.717, 1.165) is 5.56 Å². The number of hydrogen-bond donors (Lipinski definition) is 0. The highest BCUT2D eigenvalue weighted by molar-refractivity contribution is 5.96. The van der Waals surface area contributed by atoms with Crippen molar-refractivity contribution in [3.05, 3.63) is 59.9 Å². The van der Waals surface area contributed by atoms with Crippen LogP contribution < -0.4 is 0 Å². The molecule has 3 nitrogen and oxygen atoms in total. The van der Waals surface area contributed by atoms with E-state index in [0.29, 0.717) is 5.57 Å². The monoisotopic (exact) mass is 241 g/mol. The normalized spacial score (nSPS) is 18.4. The molecule has 92 valence electrons. The number of rotatable bonds is 2. The summed E-state index contributed by atoms with van der Waals surface area (Å²) in [7, 11) is 0. The molecule has 3 heteroatoms. The lowest BCUT2D eigenvalue weighted by molar-refractivity contribution is -0.124. The molecule has 0 N–H and O–H groups in total. The fourth-order valence-electron chi connectivity index (χ4n) is 2.01. The van der Waals surface area contributed by atoms with Gasteiger partial charge in [0.1, 0.15) is 0 Å². The first kappa shape index (κ1) is 12.3. The van der Waals surface area contributed by atoms with E-state index in [1.807, 2.05) is 36.4 Å². The minimum atomic E-state index is -0.100. The third-order valence-corrected chi connectivity index (χ3v) is 2.98. The molecule has 0 bridgehead atoms. The zero-order valence-electron chi connectivity index (χ0n) is 10.5. The predicted molar refractivity (Wildman–Crippen MR) is 69.6 cm³/mol. The molecule has 18 heavy (non-hydrogen) atoms. The lowest BCUT2D eigenvalue weighted by Gasteiger charge is -2.24. The van der Waals surface area contributed by atoms with Crippen LogP contribution in [0.5, 0.6) is 0 Å². The third kappa shape index (κ3) is 2.40. The molecule has 0 aromatic heterocycles. The average molecular weight is 241 g/mol. The minimum Gasteiger partial charge on any atom is -0.295 e. The van der Waals surface area contributed by atoms with Crippen molar-refractivity contribution in [2.45, 2.75) is 19.8 Å². The van der Waals surface area contributed by atoms with E-state index in [4.69, 9.17) is 0 Å². The summed E-state index contributed by atoms with van der Waals surface area (Å²) in [5.74, 6) is -0.185. The van der Waals surface area contributed by atoms with Crippen molar-refractivity contribution in [3.8, 4) is 0 Å². The number of ketones is 1. The fourth-order valence-corrected chi connectivity index (χ4v) is 2.01. The smallest absolute Gasteiger partial charge is 0.227 e. The summed E-state index contributed by atoms with van der Waals surface area (Å²) in [6.45, 7) is 3.00. The zero-order chi connectivity index (χ0) is 13.1. The van der Waals surface area contributed by atoms with Crippen molar-refractivity contribution in [1.82, 2.24) is 4.90 Å². The van der Waals surface area contributed by atoms with E-state index in [9.17, 15) is 9.59 Å². The summed E-state index contributed by atoms with van der Waals surface area (Å²) in [5, 5.41) is 0. The van der Waals surface area contributed by atoms with Crippen molar-refractivity contribution in [2.75, 3.05) is 0 Å². The molecular formula is C15H15NO2. The number of hydrogen-bond acceptors (Lipinski definition) is 2. The number of carbonyl (C=O) groups excluding carboxylic acids is 2. The van der Waals surface area contributed by atoms with Crippen molar-refractivity contribution in [2.24, 2.45) is 0 Å². The highest BCUT2D eigenvalue weighted by Crippen LogP contribution is 2.30. The van der Waals surface area contributed by atoms with Gasteiger partial charge in [0, 0.05) is 30.8 Å². The van der Waals surface area contributed by atoms with Gasteiger partial charge >= 0.3 is 0 Å². The van der Waals surface area contributed by atoms with Gasteiger partial charge in [0.05, 0.1) is 0 Å². The Morgan fingerprint density at radius 1 is 1.11 bits per heavy atom. The van der Waals surface area contributed by atoms with Crippen LogP contribution in [-0.2, 0) is 9.59 Å². The highest BCUT2D eigenvalue weighted by atomic mass is 16.2. The van der Waals surface area contributed by atoms with Crippen LogP contribution in [0.2, 0.25) is 0 Å². The Bertz CT molecular complexity index is 529. The van der Waals surface area contributed by atoms with Crippen LogP contribution in [0.1, 0.15) is 25.3 Å². The maximum absolute atomic E-state index is 11.7. The Morgan fingerprint density at radius 3 is 2.33 bits per heavy atom. The molecule has 0 fully saturated rings. The molecule has 0 aliphatic carbocycles. The first-order valence-corrected chi connectivity index (χ1v) is 5.84. The predicted octanol–water partition coefficient (Wildman–Crippen LogP) is 2.62. The molecule has 1 aromatic rings. The van der Waals surface area contributed by atoms with E-state index in [1.54, 1.807) is 12.4 Å². The number of benzene rings is 1. The van der Waals surface area contributed by atoms with Crippen LogP contribution in [0.3, 0.4) is 0 Å². The summed E-state index contributed by atoms with van der Waals surface area (Å²) in [4.78, 5) is 24.5. The van der Waals surface area contributed by atoms with Crippen molar-refractivity contribution in [1.29, 1.82) is 0 Å². The molecule has 1 aliphatic rings. The standard InChI is InChI=1S/C15H15NO2/c1-11(17)15-10-16(12(2)18)9-8-14(15)13-6-4-3-5-7-13/h3-10,14H,1-2H3/t14-/m1/s1. The second kappa shape index (κ2) is 5.00. The summed E-state index contributed by atoms with van der Waals surface area (Å²) < 4.78 is 0. The second-order valence-corrected chi connectivity index (χ2v) is 4.30. The number of amides is 1. The molecule has 0 spiro atoms. The zero-order valence-corrected chi connectivity index (χ0v) is 10.5. The molecule has 2 rings (SSSR count). The van der Waals surface area contributed by atoms with Crippen LogP contribution in [0.25, 0.3) is 0 Å². The first-order valence-electron chi connectivity index (χ1n) is 5.84. The summed E-state index contributed by atoms with van der Waals surface area (Å²) in [6.07, 6.45) is 5.22. The Labute approximate surface area is 106 Å². The largest absolute Gasteiger partial charge is 0.295 e. The van der Waals surface area contributed by atoms with Crippen LogP contribution in [-0.4, -0.2) is 16.6 Å². The number of nitrogens with zero attached hydrogens (tertiary/aromatic N) is 1. The quantitative estimate of drug-likeness (QED) is 0.798. The molecule has 1 heterocycles. The molecule has 0 saturated carbocycles. The van der Waals surface area contributed by atoms with Gasteiger partial charge in [0.2, 0.25) is 5.91 Å². The summed E-state index contributed by atoms with van der Waals surface area (Å²) in [6, 6.07) is 9.79. The molecule has 1 aromatic carbocycles. The maximum atomic E-state index is 11.7. The van der Waals surface area contributed by atoms with E-state index in [1.165, 1.54) is 18.7 Å². The van der Waals surface area contributed by atoms with Crippen molar-refractivity contribution in [3.63, 3.8) is 0 Å². The summed E-state index contributed by atoms with van der Waals surface area (Å²) in [5.41, 5.74) is 1.69. The van der Waals surface area contributed by atoms with E-state index >= 15 is 0 Å². The first-order chi connectivity index (χ1) is 8.59. The Morgan fingerprint density at radius 2 is 1.78 bits per heavy atom. The lowest BCUT2D eigenvalue weighted by Crippen LogP contribution is -2.23. The topological polar surface area (TPSA) is 37.4 Å². The van der Waals surface area contributed by atoms with Crippen LogP contribution in [0, 0.1) is 0 Å². The maximum Gasteiger partial charge on any atom is 0.227 e. The Balaban J connectivity index is 2.38. The molecule has 0 radical (unpaired) electrons. The number of carbonyl (C=O) groups is 2. The minimum absolute atomic E-state index is 0.0144. The molecule has 0 saturated heterocycles. The molecule has 1 aliphatic heterocycles. The fraction of sp³-hybridized carbons (Fsp3) is 0.200. The molecular weight excluding hydrogens is 226 g/mol. The van der Waals surface area contributed by atoms with E-state index in [-0.39, 0.29) is 17.6 Å².